The Morgan fingerprint density at radius 1 is 0.970 bits per heavy atom. The summed E-state index contributed by atoms with van der Waals surface area (Å²) in [5.74, 6) is -0.714. The first-order chi connectivity index (χ1) is 15.3. The number of nitrogens with zero attached hydrogens (tertiary/aromatic N) is 1. The first-order valence-corrected chi connectivity index (χ1v) is 9.97. The number of halogens is 2. The highest BCUT2D eigenvalue weighted by Crippen LogP contribution is 2.28. The van der Waals surface area contributed by atoms with Crippen LogP contribution in [0.25, 0.3) is 11.1 Å². The molecule has 174 valence electrons. The van der Waals surface area contributed by atoms with Crippen molar-refractivity contribution in [3.63, 3.8) is 0 Å². The standard InChI is InChI=1S/C24H25FN4O3.ClH/c1-29(2)12-13-32-24(31)27-20-9-6-16(7-10-20)23(30)28-22-15-18(8-11-21(22)26)17-4-3-5-19(25)14-17;/h3-11,14-15H,12-13,26H2,1-2H3,(H,27,31)(H,28,30);1H. The summed E-state index contributed by atoms with van der Waals surface area (Å²) in [5, 5.41) is 5.38. The Hall–Kier alpha value is -3.62. The maximum Gasteiger partial charge on any atom is 0.411 e. The van der Waals surface area contributed by atoms with Crippen LogP contribution in [0.3, 0.4) is 0 Å². The van der Waals surface area contributed by atoms with Crippen molar-refractivity contribution in [2.24, 2.45) is 0 Å². The molecule has 4 N–H and O–H groups in total. The smallest absolute Gasteiger partial charge is 0.411 e. The highest BCUT2D eigenvalue weighted by molar-refractivity contribution is 6.06. The number of hydrogen-bond acceptors (Lipinski definition) is 5. The molecule has 0 bridgehead atoms. The number of nitrogens with two attached hydrogens (primary N) is 1. The minimum atomic E-state index is -0.564. The summed E-state index contributed by atoms with van der Waals surface area (Å²) in [7, 11) is 3.77. The molecule has 3 aromatic rings. The number of amides is 2. The third-order valence-electron chi connectivity index (χ3n) is 4.62. The average Bonchev–Trinajstić information content (AvgIpc) is 2.75. The van der Waals surface area contributed by atoms with Crippen LogP contribution in [0.1, 0.15) is 10.4 Å². The molecule has 0 radical (unpaired) electrons. The topological polar surface area (TPSA) is 96.7 Å². The number of nitrogens with one attached hydrogen (secondary N) is 2. The highest BCUT2D eigenvalue weighted by Gasteiger charge is 2.11. The van der Waals surface area contributed by atoms with Gasteiger partial charge in [-0.1, -0.05) is 18.2 Å². The van der Waals surface area contributed by atoms with Crippen molar-refractivity contribution >= 4 is 41.5 Å². The zero-order chi connectivity index (χ0) is 23.1. The summed E-state index contributed by atoms with van der Waals surface area (Å²) in [4.78, 5) is 26.4. The number of likely N-dealkylation sites (N-methyl/N-ethyl adjacent to an activating group) is 1. The Morgan fingerprint density at radius 3 is 2.33 bits per heavy atom. The number of ether oxygens (including phenoxy) is 1. The maximum absolute atomic E-state index is 13.5. The van der Waals surface area contributed by atoms with Gasteiger partial charge in [-0.2, -0.15) is 0 Å². The predicted octanol–water partition coefficient (Wildman–Crippen LogP) is 4.86. The van der Waals surface area contributed by atoms with Gasteiger partial charge in [-0.05, 0) is 73.8 Å². The molecule has 9 heteroatoms. The van der Waals surface area contributed by atoms with Crippen molar-refractivity contribution in [3.05, 3.63) is 78.1 Å². The van der Waals surface area contributed by atoms with Crippen LogP contribution in [0.5, 0.6) is 0 Å². The van der Waals surface area contributed by atoms with Crippen molar-refractivity contribution in [1.29, 1.82) is 0 Å². The molecule has 0 aromatic heterocycles. The monoisotopic (exact) mass is 472 g/mol. The second-order valence-electron chi connectivity index (χ2n) is 7.41. The Morgan fingerprint density at radius 2 is 1.67 bits per heavy atom. The molecule has 0 spiro atoms. The van der Waals surface area contributed by atoms with Crippen molar-refractivity contribution in [2.45, 2.75) is 0 Å². The summed E-state index contributed by atoms with van der Waals surface area (Å²) in [5.41, 5.74) is 9.10. The molecule has 2 amide bonds. The van der Waals surface area contributed by atoms with Crippen LogP contribution < -0.4 is 16.4 Å². The van der Waals surface area contributed by atoms with Gasteiger partial charge in [0.25, 0.3) is 5.91 Å². The summed E-state index contributed by atoms with van der Waals surface area (Å²) in [6.07, 6.45) is -0.564. The molecule has 0 aliphatic carbocycles. The molecule has 0 saturated heterocycles. The van der Waals surface area contributed by atoms with E-state index in [1.54, 1.807) is 54.6 Å². The molecule has 3 rings (SSSR count). The molecule has 7 nitrogen and oxygen atoms in total. The van der Waals surface area contributed by atoms with E-state index in [1.165, 1.54) is 12.1 Å². The number of carbonyl (C=O) groups is 2. The van der Waals surface area contributed by atoms with Crippen LogP contribution >= 0.6 is 12.4 Å². The first-order valence-electron chi connectivity index (χ1n) is 9.97. The second kappa shape index (κ2) is 11.8. The molecule has 0 fully saturated rings. The van der Waals surface area contributed by atoms with Crippen LogP contribution in [0.15, 0.2) is 66.7 Å². The van der Waals surface area contributed by atoms with Crippen molar-refractivity contribution in [1.82, 2.24) is 4.90 Å². The number of carbonyl (C=O) groups excluding carboxylic acids is 2. The molecule has 0 atom stereocenters. The molecule has 0 aliphatic heterocycles. The number of rotatable bonds is 7. The molecule has 0 unspecified atom stereocenters. The Bertz CT molecular complexity index is 1110. The van der Waals surface area contributed by atoms with Gasteiger partial charge < -0.3 is 20.7 Å². The van der Waals surface area contributed by atoms with E-state index in [9.17, 15) is 14.0 Å². The molecule has 0 saturated carbocycles. The van der Waals surface area contributed by atoms with Gasteiger partial charge in [0.15, 0.2) is 0 Å². The van der Waals surface area contributed by atoms with E-state index in [-0.39, 0.29) is 30.7 Å². The molecular formula is C24H26ClFN4O3. The fraction of sp³-hybridized carbons (Fsp3) is 0.167. The van der Waals surface area contributed by atoms with Gasteiger partial charge in [0.05, 0.1) is 11.4 Å². The van der Waals surface area contributed by atoms with Gasteiger partial charge in [0.1, 0.15) is 12.4 Å². The SMILES string of the molecule is CN(C)CCOC(=O)Nc1ccc(C(=O)Nc2cc(-c3cccc(F)c3)ccc2N)cc1.Cl. The summed E-state index contributed by atoms with van der Waals surface area (Å²) in [6, 6.07) is 17.7. The summed E-state index contributed by atoms with van der Waals surface area (Å²) >= 11 is 0. The Labute approximate surface area is 198 Å². The van der Waals surface area contributed by atoms with Gasteiger partial charge in [0.2, 0.25) is 0 Å². The van der Waals surface area contributed by atoms with Crippen LogP contribution in [-0.2, 0) is 4.74 Å². The van der Waals surface area contributed by atoms with E-state index in [2.05, 4.69) is 10.6 Å². The lowest BCUT2D eigenvalue weighted by molar-refractivity contribution is 0.102. The molecule has 33 heavy (non-hydrogen) atoms. The minimum absolute atomic E-state index is 0. The second-order valence-corrected chi connectivity index (χ2v) is 7.41. The van der Waals surface area contributed by atoms with E-state index >= 15 is 0 Å². The van der Waals surface area contributed by atoms with E-state index in [1.807, 2.05) is 19.0 Å². The largest absolute Gasteiger partial charge is 0.448 e. The lowest BCUT2D eigenvalue weighted by Crippen LogP contribution is -2.22. The third-order valence-corrected chi connectivity index (χ3v) is 4.62. The zero-order valence-corrected chi connectivity index (χ0v) is 19.1. The van der Waals surface area contributed by atoms with Crippen LogP contribution in [0.4, 0.5) is 26.2 Å². The Kier molecular flexibility index (Phi) is 9.20. The van der Waals surface area contributed by atoms with E-state index < -0.39 is 6.09 Å². The van der Waals surface area contributed by atoms with Gasteiger partial charge in [-0.25, -0.2) is 9.18 Å². The predicted molar refractivity (Wildman–Crippen MR) is 131 cm³/mol. The van der Waals surface area contributed by atoms with Gasteiger partial charge in [-0.15, -0.1) is 12.4 Å². The number of nitrogen functional groups attached to an aromatic ring is 1. The average molecular weight is 473 g/mol. The van der Waals surface area contributed by atoms with Crippen molar-refractivity contribution in [3.8, 4) is 11.1 Å². The van der Waals surface area contributed by atoms with Crippen LogP contribution in [0.2, 0.25) is 0 Å². The number of anilines is 3. The Balaban J connectivity index is 0.00000385. The molecule has 0 heterocycles. The lowest BCUT2D eigenvalue weighted by atomic mass is 10.0. The van der Waals surface area contributed by atoms with Gasteiger partial charge >= 0.3 is 6.09 Å². The zero-order valence-electron chi connectivity index (χ0n) is 18.3. The quantitative estimate of drug-likeness (QED) is 0.427. The molecule has 0 aliphatic rings. The minimum Gasteiger partial charge on any atom is -0.448 e. The van der Waals surface area contributed by atoms with E-state index in [0.717, 1.165) is 5.56 Å². The fourth-order valence-corrected chi connectivity index (χ4v) is 2.89. The first kappa shape index (κ1) is 25.6. The van der Waals surface area contributed by atoms with E-state index in [0.29, 0.717) is 34.7 Å². The summed E-state index contributed by atoms with van der Waals surface area (Å²) in [6.45, 7) is 0.894. The molecule has 3 aromatic carbocycles. The normalized spacial score (nSPS) is 10.3. The van der Waals surface area contributed by atoms with Gasteiger partial charge in [-0.3, -0.25) is 10.1 Å². The van der Waals surface area contributed by atoms with E-state index in [4.69, 9.17) is 10.5 Å². The number of benzene rings is 3. The molecular weight excluding hydrogens is 447 g/mol. The fourth-order valence-electron chi connectivity index (χ4n) is 2.89. The lowest BCUT2D eigenvalue weighted by Gasteiger charge is -2.12. The highest BCUT2D eigenvalue weighted by atomic mass is 35.5. The third kappa shape index (κ3) is 7.48. The maximum atomic E-state index is 13.5. The van der Waals surface area contributed by atoms with Crippen molar-refractivity contribution < 1.29 is 18.7 Å². The van der Waals surface area contributed by atoms with Crippen LogP contribution in [0, 0.1) is 5.82 Å². The summed E-state index contributed by atoms with van der Waals surface area (Å²) < 4.78 is 18.6. The van der Waals surface area contributed by atoms with Crippen molar-refractivity contribution in [2.75, 3.05) is 43.6 Å². The number of hydrogen-bond donors (Lipinski definition) is 3. The van der Waals surface area contributed by atoms with Crippen LogP contribution in [-0.4, -0.2) is 44.1 Å². The van der Waals surface area contributed by atoms with Gasteiger partial charge in [0, 0.05) is 17.8 Å².